The van der Waals surface area contributed by atoms with E-state index in [1.165, 1.54) is 44.9 Å². The first-order chi connectivity index (χ1) is 15.3. The molecule has 0 atom stereocenters. The summed E-state index contributed by atoms with van der Waals surface area (Å²) in [6.45, 7) is 10.1. The Hall–Kier alpha value is -2.45. The van der Waals surface area contributed by atoms with Crippen LogP contribution in [0.25, 0.3) is 0 Å². The average Bonchev–Trinajstić information content (AvgIpc) is 2.70. The summed E-state index contributed by atoms with van der Waals surface area (Å²) in [5, 5.41) is 5.52. The number of nitrogens with zero attached hydrogens (tertiary/aromatic N) is 3. The van der Waals surface area contributed by atoms with Gasteiger partial charge in [-0.3, -0.25) is 20.3 Å². The third-order valence-corrected chi connectivity index (χ3v) is 4.90. The predicted octanol–water partition coefficient (Wildman–Crippen LogP) is 2.88. The molecule has 0 radical (unpaired) electrons. The molecule has 0 aromatic rings. The fourth-order valence-corrected chi connectivity index (χ4v) is 3.14. The van der Waals surface area contributed by atoms with Crippen LogP contribution in [0, 0.1) is 5.92 Å². The molecule has 0 saturated carbocycles. The molecule has 0 spiro atoms. The van der Waals surface area contributed by atoms with Gasteiger partial charge in [-0.15, -0.1) is 0 Å². The molecule has 0 fully saturated rings. The molecule has 10 N–H and O–H groups in total. The first-order valence-corrected chi connectivity index (χ1v) is 12.2. The topological polar surface area (TPSA) is 165 Å². The van der Waals surface area contributed by atoms with E-state index < -0.39 is 0 Å². The second-order valence-electron chi connectivity index (χ2n) is 8.65. The largest absolute Gasteiger partial charge is 0.386 e. The van der Waals surface area contributed by atoms with E-state index in [1.807, 2.05) is 0 Å². The van der Waals surface area contributed by atoms with Crippen LogP contribution in [-0.4, -0.2) is 37.5 Å². The highest BCUT2D eigenvalue weighted by Crippen LogP contribution is 2.11. The molecular formula is C23H49N9. The van der Waals surface area contributed by atoms with Crippen molar-refractivity contribution in [2.45, 2.75) is 90.9 Å². The van der Waals surface area contributed by atoms with Gasteiger partial charge in [0.1, 0.15) is 0 Å². The Morgan fingerprint density at radius 2 is 0.938 bits per heavy atom. The lowest BCUT2D eigenvalue weighted by atomic mass is 10.0. The molecule has 0 aliphatic rings. The van der Waals surface area contributed by atoms with Gasteiger partial charge in [0, 0.05) is 19.6 Å². The van der Waals surface area contributed by atoms with Gasteiger partial charge in [0.2, 0.25) is 0 Å². The number of guanidine groups is 3. The second kappa shape index (κ2) is 20.5. The van der Waals surface area contributed by atoms with Crippen LogP contribution in [0.5, 0.6) is 0 Å². The van der Waals surface area contributed by atoms with Crippen molar-refractivity contribution in [1.82, 2.24) is 10.6 Å². The summed E-state index contributed by atoms with van der Waals surface area (Å²) in [7, 11) is 0. The number of rotatable bonds is 18. The average molecular weight is 452 g/mol. The van der Waals surface area contributed by atoms with Crippen molar-refractivity contribution in [1.29, 1.82) is 0 Å². The fourth-order valence-electron chi connectivity index (χ4n) is 3.14. The van der Waals surface area contributed by atoms with Crippen molar-refractivity contribution in [3.8, 4) is 0 Å². The predicted molar refractivity (Wildman–Crippen MR) is 139 cm³/mol. The van der Waals surface area contributed by atoms with Gasteiger partial charge in [-0.1, -0.05) is 78.2 Å². The van der Waals surface area contributed by atoms with Gasteiger partial charge in [0.15, 0.2) is 17.9 Å². The van der Waals surface area contributed by atoms with Crippen molar-refractivity contribution >= 4 is 17.9 Å². The van der Waals surface area contributed by atoms with Gasteiger partial charge < -0.3 is 28.3 Å². The lowest BCUT2D eigenvalue weighted by Gasteiger charge is -2.06. The minimum Gasteiger partial charge on any atom is -0.386 e. The summed E-state index contributed by atoms with van der Waals surface area (Å²) in [5.74, 6) is 2.07. The number of nitrogens with two attached hydrogens (primary N) is 4. The summed E-state index contributed by atoms with van der Waals surface area (Å²) < 4.78 is 0. The molecule has 9 nitrogen and oxygen atoms in total. The zero-order valence-corrected chi connectivity index (χ0v) is 20.5. The minimum absolute atomic E-state index is 0.291. The molecule has 0 aliphatic heterocycles. The Balaban J connectivity index is 3.65. The van der Waals surface area contributed by atoms with Crippen LogP contribution >= 0.6 is 0 Å². The molecule has 0 aliphatic carbocycles. The molecule has 0 bridgehead atoms. The molecule has 0 saturated heterocycles. The van der Waals surface area contributed by atoms with Gasteiger partial charge in [0.05, 0.1) is 5.82 Å². The molecule has 9 heteroatoms. The van der Waals surface area contributed by atoms with Crippen LogP contribution in [0.15, 0.2) is 27.4 Å². The van der Waals surface area contributed by atoms with Crippen LogP contribution in [0.2, 0.25) is 0 Å². The van der Waals surface area contributed by atoms with E-state index in [1.54, 1.807) is 0 Å². The maximum atomic E-state index is 5.87. The third kappa shape index (κ3) is 22.2. The Labute approximate surface area is 195 Å². The SMILES string of the molecule is C=C(N)NC(N)=NCCCCCCN=C(N)NC(N)=NCCCCCCCCCC(C)C. The Morgan fingerprint density at radius 3 is 1.31 bits per heavy atom. The lowest BCUT2D eigenvalue weighted by Crippen LogP contribution is -2.41. The molecule has 0 aromatic heterocycles. The highest BCUT2D eigenvalue weighted by Gasteiger charge is 1.97. The molecule has 0 rings (SSSR count). The van der Waals surface area contributed by atoms with Gasteiger partial charge in [-0.2, -0.15) is 0 Å². The zero-order valence-electron chi connectivity index (χ0n) is 20.5. The number of unbranched alkanes of at least 4 members (excludes halogenated alkanes) is 9. The summed E-state index contributed by atoms with van der Waals surface area (Å²) in [5.41, 5.74) is 22.7. The van der Waals surface area contributed by atoms with Crippen LogP contribution in [0.1, 0.15) is 90.9 Å². The zero-order chi connectivity index (χ0) is 24.0. The highest BCUT2D eigenvalue weighted by atomic mass is 15.2. The molecule has 0 aromatic carbocycles. The molecule has 0 amide bonds. The number of hydrogen-bond donors (Lipinski definition) is 6. The summed E-state index contributed by atoms with van der Waals surface area (Å²) in [6, 6.07) is 0. The van der Waals surface area contributed by atoms with E-state index in [4.69, 9.17) is 22.9 Å². The van der Waals surface area contributed by atoms with Gasteiger partial charge in [-0.05, 0) is 25.2 Å². The number of hydrogen-bond acceptors (Lipinski definition) is 4. The third-order valence-electron chi connectivity index (χ3n) is 4.90. The maximum Gasteiger partial charge on any atom is 0.195 e. The van der Waals surface area contributed by atoms with Gasteiger partial charge in [-0.25, -0.2) is 0 Å². The molecule has 186 valence electrons. The summed E-state index contributed by atoms with van der Waals surface area (Å²) in [4.78, 5) is 12.8. The van der Waals surface area contributed by atoms with Crippen molar-refractivity contribution in [3.63, 3.8) is 0 Å². The number of nitrogens with one attached hydrogen (secondary N) is 2. The number of aliphatic imine (C=N–C) groups is 3. The van der Waals surface area contributed by atoms with E-state index in [2.05, 4.69) is 46.0 Å². The van der Waals surface area contributed by atoms with Crippen molar-refractivity contribution in [2.24, 2.45) is 43.8 Å². The van der Waals surface area contributed by atoms with Crippen LogP contribution in [0.4, 0.5) is 0 Å². The van der Waals surface area contributed by atoms with Crippen molar-refractivity contribution in [3.05, 3.63) is 12.4 Å². The van der Waals surface area contributed by atoms with Crippen molar-refractivity contribution in [2.75, 3.05) is 19.6 Å². The maximum absolute atomic E-state index is 5.87. The second-order valence-corrected chi connectivity index (χ2v) is 8.65. The van der Waals surface area contributed by atoms with E-state index in [0.29, 0.717) is 36.8 Å². The minimum atomic E-state index is 0.291. The van der Waals surface area contributed by atoms with Gasteiger partial charge >= 0.3 is 0 Å². The first kappa shape index (κ1) is 29.5. The first-order valence-electron chi connectivity index (χ1n) is 12.2. The molecule has 0 heterocycles. The monoisotopic (exact) mass is 451 g/mol. The van der Waals surface area contributed by atoms with E-state index in [9.17, 15) is 0 Å². The van der Waals surface area contributed by atoms with Crippen molar-refractivity contribution < 1.29 is 0 Å². The highest BCUT2D eigenvalue weighted by molar-refractivity contribution is 5.97. The Kier molecular flexibility index (Phi) is 18.9. The van der Waals surface area contributed by atoms with E-state index in [-0.39, 0.29) is 0 Å². The van der Waals surface area contributed by atoms with Crippen LogP contribution in [-0.2, 0) is 0 Å². The Morgan fingerprint density at radius 1 is 0.594 bits per heavy atom. The smallest absolute Gasteiger partial charge is 0.195 e. The van der Waals surface area contributed by atoms with E-state index >= 15 is 0 Å². The summed E-state index contributed by atoms with van der Waals surface area (Å²) >= 11 is 0. The molecular weight excluding hydrogens is 402 g/mol. The van der Waals surface area contributed by atoms with E-state index in [0.717, 1.165) is 44.6 Å². The summed E-state index contributed by atoms with van der Waals surface area (Å²) in [6.07, 6.45) is 14.3. The normalized spacial score (nSPS) is 12.9. The quantitative estimate of drug-likeness (QED) is 0.106. The lowest BCUT2D eigenvalue weighted by molar-refractivity contribution is 0.510. The standard InChI is InChI=1S/C23H49N9/c1-19(2)15-11-7-5-4-6-8-12-17-29-22(26)32-23(27)30-18-14-10-9-13-16-28-21(25)31-20(3)24/h19H,3-18,24H2,1-2H3,(H3,25,28,31)(H5,26,27,29,30,32). The van der Waals surface area contributed by atoms with Crippen LogP contribution in [0.3, 0.4) is 0 Å². The molecule has 0 unspecified atom stereocenters. The van der Waals surface area contributed by atoms with Gasteiger partial charge in [0.25, 0.3) is 0 Å². The molecule has 32 heavy (non-hydrogen) atoms. The van der Waals surface area contributed by atoms with Crippen LogP contribution < -0.4 is 33.6 Å². The Bertz CT molecular complexity index is 568. The fraction of sp³-hybridized carbons (Fsp3) is 0.783.